The molecule has 1 atom stereocenters. The highest BCUT2D eigenvalue weighted by Crippen LogP contribution is 2.33. The largest absolute Gasteiger partial charge is 0.444 e. The van der Waals surface area contributed by atoms with E-state index in [1.54, 1.807) is 4.90 Å². The molecule has 1 aromatic rings. The second kappa shape index (κ2) is 7.23. The topological polar surface area (TPSA) is 55.6 Å². The van der Waals surface area contributed by atoms with Crippen molar-refractivity contribution in [1.82, 2.24) is 4.90 Å². The van der Waals surface area contributed by atoms with Crippen LogP contribution >= 0.6 is 0 Å². The standard InChI is InChI=1S/C18H25F3N2O2/c1-17(2,3)25-16(24)23-10-8-13(9-11-23)15(22)12-4-6-14(7-5-12)18(19,20)21/h4-7,13,15H,8-11,22H2,1-3H3. The zero-order valence-corrected chi connectivity index (χ0v) is 14.8. The van der Waals surface area contributed by atoms with Gasteiger partial charge in [-0.2, -0.15) is 13.2 Å². The summed E-state index contributed by atoms with van der Waals surface area (Å²) >= 11 is 0. The Balaban J connectivity index is 1.93. The van der Waals surface area contributed by atoms with Crippen molar-refractivity contribution in [2.75, 3.05) is 13.1 Å². The molecule has 2 rings (SSSR count). The SMILES string of the molecule is CC(C)(C)OC(=O)N1CCC(C(N)c2ccc(C(F)(F)F)cc2)CC1. The zero-order chi connectivity index (χ0) is 18.8. The number of rotatable bonds is 2. The third kappa shape index (κ3) is 5.36. The minimum Gasteiger partial charge on any atom is -0.444 e. The number of piperidine rings is 1. The van der Waals surface area contributed by atoms with E-state index < -0.39 is 17.3 Å². The van der Waals surface area contributed by atoms with Crippen molar-refractivity contribution in [3.05, 3.63) is 35.4 Å². The molecule has 0 aliphatic carbocycles. The number of amides is 1. The van der Waals surface area contributed by atoms with E-state index in [1.165, 1.54) is 12.1 Å². The molecular formula is C18H25F3N2O2. The Bertz CT molecular complexity index is 586. The molecule has 1 heterocycles. The number of nitrogens with two attached hydrogens (primary N) is 1. The number of hydrogen-bond acceptors (Lipinski definition) is 3. The van der Waals surface area contributed by atoms with E-state index in [1.807, 2.05) is 20.8 Å². The first kappa shape index (κ1) is 19.6. The Morgan fingerprint density at radius 3 is 2.12 bits per heavy atom. The summed E-state index contributed by atoms with van der Waals surface area (Å²) in [6, 6.07) is 4.65. The normalized spacial score (nSPS) is 18.1. The lowest BCUT2D eigenvalue weighted by atomic mass is 9.86. The molecule has 1 saturated heterocycles. The smallest absolute Gasteiger partial charge is 0.416 e. The fourth-order valence-electron chi connectivity index (χ4n) is 2.93. The molecule has 7 heteroatoms. The highest BCUT2D eigenvalue weighted by molar-refractivity contribution is 5.68. The van der Waals surface area contributed by atoms with Gasteiger partial charge < -0.3 is 15.4 Å². The molecule has 1 fully saturated rings. The maximum Gasteiger partial charge on any atom is 0.416 e. The summed E-state index contributed by atoms with van der Waals surface area (Å²) in [5, 5.41) is 0. The van der Waals surface area contributed by atoms with Crippen LogP contribution < -0.4 is 5.73 Å². The van der Waals surface area contributed by atoms with E-state index >= 15 is 0 Å². The van der Waals surface area contributed by atoms with Gasteiger partial charge in [0.2, 0.25) is 0 Å². The zero-order valence-electron chi connectivity index (χ0n) is 14.8. The summed E-state index contributed by atoms with van der Waals surface area (Å²) in [6.45, 7) is 6.52. The number of ether oxygens (including phenoxy) is 1. The van der Waals surface area contributed by atoms with Crippen LogP contribution in [0.25, 0.3) is 0 Å². The predicted molar refractivity (Wildman–Crippen MR) is 88.9 cm³/mol. The predicted octanol–water partition coefficient (Wildman–Crippen LogP) is 4.35. The highest BCUT2D eigenvalue weighted by atomic mass is 19.4. The summed E-state index contributed by atoms with van der Waals surface area (Å²) in [7, 11) is 0. The molecule has 1 aliphatic rings. The molecule has 0 aromatic heterocycles. The van der Waals surface area contributed by atoms with Gasteiger partial charge in [-0.1, -0.05) is 12.1 Å². The summed E-state index contributed by atoms with van der Waals surface area (Å²) in [5.74, 6) is 0.121. The van der Waals surface area contributed by atoms with Crippen LogP contribution in [0.4, 0.5) is 18.0 Å². The number of hydrogen-bond donors (Lipinski definition) is 1. The number of nitrogens with zero attached hydrogens (tertiary/aromatic N) is 1. The highest BCUT2D eigenvalue weighted by Gasteiger charge is 2.32. The Morgan fingerprint density at radius 1 is 1.16 bits per heavy atom. The third-order valence-electron chi connectivity index (χ3n) is 4.32. The molecule has 0 saturated carbocycles. The van der Waals surface area contributed by atoms with Crippen molar-refractivity contribution < 1.29 is 22.7 Å². The van der Waals surface area contributed by atoms with Crippen LogP contribution in [0.3, 0.4) is 0 Å². The van der Waals surface area contributed by atoms with Crippen molar-refractivity contribution in [2.45, 2.75) is 51.4 Å². The van der Waals surface area contributed by atoms with Crippen LogP contribution in [0.5, 0.6) is 0 Å². The van der Waals surface area contributed by atoms with Gasteiger partial charge in [-0.3, -0.25) is 0 Å². The molecular weight excluding hydrogens is 333 g/mol. The van der Waals surface area contributed by atoms with E-state index in [0.29, 0.717) is 31.5 Å². The Kier molecular flexibility index (Phi) is 5.66. The second-order valence-electron chi connectivity index (χ2n) is 7.45. The number of carbonyl (C=O) groups excluding carboxylic acids is 1. The van der Waals surface area contributed by atoms with Gasteiger partial charge in [-0.05, 0) is 57.2 Å². The summed E-state index contributed by atoms with van der Waals surface area (Å²) < 4.78 is 43.2. The van der Waals surface area contributed by atoms with Crippen molar-refractivity contribution in [1.29, 1.82) is 0 Å². The number of halogens is 3. The summed E-state index contributed by atoms with van der Waals surface area (Å²) in [4.78, 5) is 13.7. The number of benzene rings is 1. The van der Waals surface area contributed by atoms with Gasteiger partial charge in [0.15, 0.2) is 0 Å². The van der Waals surface area contributed by atoms with Gasteiger partial charge in [-0.15, -0.1) is 0 Å². The van der Waals surface area contributed by atoms with Crippen LogP contribution in [0.1, 0.15) is 50.8 Å². The van der Waals surface area contributed by atoms with Gasteiger partial charge in [0.1, 0.15) is 5.60 Å². The molecule has 1 aliphatic heterocycles. The maximum atomic E-state index is 12.6. The lowest BCUT2D eigenvalue weighted by Gasteiger charge is -2.35. The van der Waals surface area contributed by atoms with Gasteiger partial charge in [0, 0.05) is 19.1 Å². The minimum absolute atomic E-state index is 0.121. The first-order chi connectivity index (χ1) is 11.5. The molecule has 1 unspecified atom stereocenters. The first-order valence-electron chi connectivity index (χ1n) is 8.38. The fraction of sp³-hybridized carbons (Fsp3) is 0.611. The van der Waals surface area contributed by atoms with Crippen LogP contribution in [0.15, 0.2) is 24.3 Å². The molecule has 4 nitrogen and oxygen atoms in total. The monoisotopic (exact) mass is 358 g/mol. The molecule has 1 amide bonds. The Morgan fingerprint density at radius 2 is 1.68 bits per heavy atom. The molecule has 1 aromatic carbocycles. The molecule has 140 valence electrons. The number of alkyl halides is 3. The van der Waals surface area contributed by atoms with Crippen molar-refractivity contribution >= 4 is 6.09 Å². The van der Waals surface area contributed by atoms with E-state index in [0.717, 1.165) is 12.1 Å². The van der Waals surface area contributed by atoms with Crippen LogP contribution in [-0.2, 0) is 10.9 Å². The van der Waals surface area contributed by atoms with E-state index in [9.17, 15) is 18.0 Å². The van der Waals surface area contributed by atoms with E-state index in [-0.39, 0.29) is 18.1 Å². The Hall–Kier alpha value is -1.76. The number of carbonyl (C=O) groups is 1. The fourth-order valence-corrected chi connectivity index (χ4v) is 2.93. The third-order valence-corrected chi connectivity index (χ3v) is 4.32. The van der Waals surface area contributed by atoms with E-state index in [2.05, 4.69) is 0 Å². The summed E-state index contributed by atoms with van der Waals surface area (Å²) in [6.07, 6.45) is -3.29. The molecule has 25 heavy (non-hydrogen) atoms. The van der Waals surface area contributed by atoms with Gasteiger partial charge in [0.05, 0.1) is 5.56 Å². The average molecular weight is 358 g/mol. The number of likely N-dealkylation sites (tertiary alicyclic amines) is 1. The minimum atomic E-state index is -4.35. The first-order valence-corrected chi connectivity index (χ1v) is 8.38. The lowest BCUT2D eigenvalue weighted by molar-refractivity contribution is -0.137. The second-order valence-corrected chi connectivity index (χ2v) is 7.45. The van der Waals surface area contributed by atoms with Crippen LogP contribution in [0, 0.1) is 5.92 Å². The van der Waals surface area contributed by atoms with Crippen molar-refractivity contribution in [3.63, 3.8) is 0 Å². The molecule has 0 spiro atoms. The van der Waals surface area contributed by atoms with E-state index in [4.69, 9.17) is 10.5 Å². The van der Waals surface area contributed by atoms with Crippen LogP contribution in [0.2, 0.25) is 0 Å². The van der Waals surface area contributed by atoms with Gasteiger partial charge in [0.25, 0.3) is 0 Å². The van der Waals surface area contributed by atoms with Crippen molar-refractivity contribution in [3.8, 4) is 0 Å². The van der Waals surface area contributed by atoms with Gasteiger partial charge in [-0.25, -0.2) is 4.79 Å². The van der Waals surface area contributed by atoms with Crippen molar-refractivity contribution in [2.24, 2.45) is 11.7 Å². The summed E-state index contributed by atoms with van der Waals surface area (Å²) in [5.41, 5.74) is 5.71. The molecule has 0 radical (unpaired) electrons. The van der Waals surface area contributed by atoms with Crippen LogP contribution in [-0.4, -0.2) is 29.7 Å². The van der Waals surface area contributed by atoms with Gasteiger partial charge >= 0.3 is 12.3 Å². The molecule has 2 N–H and O–H groups in total. The average Bonchev–Trinajstić information content (AvgIpc) is 2.52. The quantitative estimate of drug-likeness (QED) is 0.855. The maximum absolute atomic E-state index is 12.6. The lowest BCUT2D eigenvalue weighted by Crippen LogP contribution is -2.43. The molecule has 0 bridgehead atoms. The Labute approximate surface area is 146 Å².